The zero-order valence-corrected chi connectivity index (χ0v) is 17.6. The number of amides is 2. The Bertz CT molecular complexity index is 1080. The Hall–Kier alpha value is -3.04. The minimum absolute atomic E-state index is 0.0871. The fourth-order valence-electron chi connectivity index (χ4n) is 3.93. The van der Waals surface area contributed by atoms with Gasteiger partial charge in [0.1, 0.15) is 12.6 Å². The van der Waals surface area contributed by atoms with Crippen LogP contribution in [0.15, 0.2) is 59.5 Å². The summed E-state index contributed by atoms with van der Waals surface area (Å²) >= 11 is 0. The maximum Gasteiger partial charge on any atom is 0.324 e. The van der Waals surface area contributed by atoms with Gasteiger partial charge in [-0.05, 0) is 43.5 Å². The van der Waals surface area contributed by atoms with E-state index in [9.17, 15) is 22.8 Å². The molecule has 0 aliphatic carbocycles. The summed E-state index contributed by atoms with van der Waals surface area (Å²) in [6, 6.07) is 13.6. The SMILES string of the molecule is O=C(OCCN1C(=O)c2ccccc2C1=O)[C@H]1CCCCN1S(=O)(=O)c1ccccc1. The molecule has 0 N–H and O–H groups in total. The molecule has 2 heterocycles. The van der Waals surface area contributed by atoms with Crippen molar-refractivity contribution >= 4 is 27.8 Å². The van der Waals surface area contributed by atoms with E-state index in [0.717, 1.165) is 4.90 Å². The summed E-state index contributed by atoms with van der Waals surface area (Å²) < 4.78 is 32.5. The van der Waals surface area contributed by atoms with E-state index in [2.05, 4.69) is 0 Å². The van der Waals surface area contributed by atoms with Crippen LogP contribution in [0.1, 0.15) is 40.0 Å². The summed E-state index contributed by atoms with van der Waals surface area (Å²) in [7, 11) is -3.84. The predicted octanol–water partition coefficient (Wildman–Crippen LogP) is 2.07. The van der Waals surface area contributed by atoms with Crippen molar-refractivity contribution in [2.75, 3.05) is 19.7 Å². The summed E-state index contributed by atoms with van der Waals surface area (Å²) in [6.45, 7) is -0.0499. The third-order valence-corrected chi connectivity index (χ3v) is 7.44. The Morgan fingerprint density at radius 1 is 0.935 bits per heavy atom. The number of fused-ring (bicyclic) bond motifs is 1. The number of nitrogens with zero attached hydrogens (tertiary/aromatic N) is 2. The second-order valence-corrected chi connectivity index (χ2v) is 9.31. The molecule has 2 aromatic rings. The molecule has 8 nitrogen and oxygen atoms in total. The zero-order chi connectivity index (χ0) is 22.0. The lowest BCUT2D eigenvalue weighted by Gasteiger charge is -2.33. The molecule has 1 atom stereocenters. The molecule has 2 aliphatic heterocycles. The van der Waals surface area contributed by atoms with Gasteiger partial charge in [0.15, 0.2) is 0 Å². The second kappa shape index (κ2) is 8.60. The van der Waals surface area contributed by atoms with Crippen LogP contribution in [0, 0.1) is 0 Å². The van der Waals surface area contributed by atoms with Gasteiger partial charge in [0.25, 0.3) is 11.8 Å². The molecular weight excluding hydrogens is 420 g/mol. The standard InChI is InChI=1S/C22H22N2O6S/c25-20-17-10-4-5-11-18(17)21(26)23(20)14-15-30-22(27)19-12-6-7-13-24(19)31(28,29)16-8-2-1-3-9-16/h1-5,8-11,19H,6-7,12-15H2/t19-/m1/s1. The number of esters is 1. The average molecular weight is 442 g/mol. The quantitative estimate of drug-likeness (QED) is 0.501. The number of hydrogen-bond acceptors (Lipinski definition) is 6. The number of benzene rings is 2. The van der Waals surface area contributed by atoms with Crippen molar-refractivity contribution < 1.29 is 27.5 Å². The minimum Gasteiger partial charge on any atom is -0.463 e. The number of imide groups is 1. The summed E-state index contributed by atoms with van der Waals surface area (Å²) in [4.78, 5) is 38.7. The topological polar surface area (TPSA) is 101 Å². The van der Waals surface area contributed by atoms with Gasteiger partial charge < -0.3 is 4.74 Å². The van der Waals surface area contributed by atoms with Gasteiger partial charge in [-0.15, -0.1) is 0 Å². The number of sulfonamides is 1. The molecule has 4 rings (SSSR count). The fraction of sp³-hybridized carbons (Fsp3) is 0.318. The van der Waals surface area contributed by atoms with Gasteiger partial charge in [0.05, 0.1) is 22.6 Å². The third kappa shape index (κ3) is 3.98. The van der Waals surface area contributed by atoms with Gasteiger partial charge in [-0.25, -0.2) is 8.42 Å². The lowest BCUT2D eigenvalue weighted by atomic mass is 10.1. The van der Waals surface area contributed by atoms with E-state index < -0.39 is 33.8 Å². The van der Waals surface area contributed by atoms with Gasteiger partial charge in [0.2, 0.25) is 10.0 Å². The van der Waals surface area contributed by atoms with Crippen molar-refractivity contribution in [3.05, 3.63) is 65.7 Å². The molecule has 1 fully saturated rings. The first-order chi connectivity index (χ1) is 14.9. The van der Waals surface area contributed by atoms with E-state index in [1.165, 1.54) is 16.4 Å². The predicted molar refractivity (Wildman–Crippen MR) is 111 cm³/mol. The van der Waals surface area contributed by atoms with Crippen molar-refractivity contribution in [2.45, 2.75) is 30.2 Å². The second-order valence-electron chi connectivity index (χ2n) is 7.42. The normalized spacial score (nSPS) is 19.4. The van der Waals surface area contributed by atoms with E-state index in [1.54, 1.807) is 42.5 Å². The van der Waals surface area contributed by atoms with Crippen LogP contribution in [0.25, 0.3) is 0 Å². The van der Waals surface area contributed by atoms with E-state index in [-0.39, 0.29) is 24.6 Å². The minimum atomic E-state index is -3.84. The largest absolute Gasteiger partial charge is 0.463 e. The monoisotopic (exact) mass is 442 g/mol. The van der Waals surface area contributed by atoms with Gasteiger partial charge in [-0.3, -0.25) is 19.3 Å². The fourth-order valence-corrected chi connectivity index (χ4v) is 5.60. The molecule has 162 valence electrons. The van der Waals surface area contributed by atoms with Crippen LogP contribution in [0.5, 0.6) is 0 Å². The van der Waals surface area contributed by atoms with Crippen molar-refractivity contribution in [2.24, 2.45) is 0 Å². The molecule has 1 saturated heterocycles. The first kappa shape index (κ1) is 21.2. The third-order valence-electron chi connectivity index (χ3n) is 5.51. The van der Waals surface area contributed by atoms with Crippen LogP contribution in [0.2, 0.25) is 0 Å². The lowest BCUT2D eigenvalue weighted by molar-refractivity contribution is -0.149. The van der Waals surface area contributed by atoms with Crippen molar-refractivity contribution in [1.29, 1.82) is 0 Å². The number of ether oxygens (including phenoxy) is 1. The van der Waals surface area contributed by atoms with Gasteiger partial charge >= 0.3 is 5.97 Å². The molecular formula is C22H22N2O6S. The summed E-state index contributed by atoms with van der Waals surface area (Å²) in [5, 5.41) is 0. The average Bonchev–Trinajstić information content (AvgIpc) is 3.04. The van der Waals surface area contributed by atoms with Crippen molar-refractivity contribution in [1.82, 2.24) is 9.21 Å². The highest BCUT2D eigenvalue weighted by Gasteiger charge is 2.39. The summed E-state index contributed by atoms with van der Waals surface area (Å²) in [6.07, 6.45) is 1.72. The van der Waals surface area contributed by atoms with Crippen LogP contribution in [-0.2, 0) is 19.6 Å². The molecule has 2 aliphatic rings. The Balaban J connectivity index is 1.41. The van der Waals surface area contributed by atoms with E-state index >= 15 is 0 Å². The first-order valence-corrected chi connectivity index (χ1v) is 11.5. The highest BCUT2D eigenvalue weighted by Crippen LogP contribution is 2.26. The molecule has 31 heavy (non-hydrogen) atoms. The molecule has 2 amide bonds. The highest BCUT2D eigenvalue weighted by atomic mass is 32.2. The first-order valence-electron chi connectivity index (χ1n) is 10.1. The Kier molecular flexibility index (Phi) is 5.88. The highest BCUT2D eigenvalue weighted by molar-refractivity contribution is 7.89. The van der Waals surface area contributed by atoms with Crippen LogP contribution in [-0.4, -0.2) is 61.1 Å². The molecule has 0 unspecified atom stereocenters. The Labute approximate surface area is 180 Å². The van der Waals surface area contributed by atoms with Gasteiger partial charge in [-0.2, -0.15) is 4.31 Å². The number of hydrogen-bond donors (Lipinski definition) is 0. The maximum atomic E-state index is 13.0. The number of carbonyl (C=O) groups is 3. The zero-order valence-electron chi connectivity index (χ0n) is 16.8. The van der Waals surface area contributed by atoms with Crippen molar-refractivity contribution in [3.63, 3.8) is 0 Å². The van der Waals surface area contributed by atoms with Crippen molar-refractivity contribution in [3.8, 4) is 0 Å². The maximum absolute atomic E-state index is 13.0. The smallest absolute Gasteiger partial charge is 0.324 e. The summed E-state index contributed by atoms with van der Waals surface area (Å²) in [5.41, 5.74) is 0.650. The molecule has 0 radical (unpaired) electrons. The van der Waals surface area contributed by atoms with E-state index in [1.807, 2.05) is 0 Å². The number of piperidine rings is 1. The summed E-state index contributed by atoms with van der Waals surface area (Å²) in [5.74, 6) is -1.53. The van der Waals surface area contributed by atoms with Crippen LogP contribution in [0.4, 0.5) is 0 Å². The van der Waals surface area contributed by atoms with E-state index in [0.29, 0.717) is 30.4 Å². The van der Waals surface area contributed by atoms with Crippen LogP contribution in [0.3, 0.4) is 0 Å². The molecule has 0 bridgehead atoms. The van der Waals surface area contributed by atoms with Gasteiger partial charge in [-0.1, -0.05) is 30.3 Å². The van der Waals surface area contributed by atoms with Crippen LogP contribution >= 0.6 is 0 Å². The molecule has 0 aromatic heterocycles. The van der Waals surface area contributed by atoms with Crippen LogP contribution < -0.4 is 0 Å². The lowest BCUT2D eigenvalue weighted by Crippen LogP contribution is -2.48. The molecule has 0 spiro atoms. The number of carbonyl (C=O) groups excluding carboxylic acids is 3. The molecule has 0 saturated carbocycles. The Morgan fingerprint density at radius 2 is 1.55 bits per heavy atom. The molecule has 9 heteroatoms. The Morgan fingerprint density at radius 3 is 2.19 bits per heavy atom. The molecule has 2 aromatic carbocycles. The number of rotatable bonds is 6. The van der Waals surface area contributed by atoms with Gasteiger partial charge in [0, 0.05) is 6.54 Å². The van der Waals surface area contributed by atoms with E-state index in [4.69, 9.17) is 4.74 Å².